The van der Waals surface area contributed by atoms with Crippen molar-refractivity contribution in [1.82, 2.24) is 15.5 Å². The summed E-state index contributed by atoms with van der Waals surface area (Å²) in [5.74, 6) is 2.18. The Balaban J connectivity index is 0.00000300. The van der Waals surface area contributed by atoms with E-state index in [1.807, 2.05) is 49.4 Å². The van der Waals surface area contributed by atoms with Gasteiger partial charge in [0.15, 0.2) is 5.96 Å². The molecule has 0 spiro atoms. The van der Waals surface area contributed by atoms with Gasteiger partial charge in [-0.05, 0) is 31.2 Å². The van der Waals surface area contributed by atoms with Crippen molar-refractivity contribution in [3.05, 3.63) is 60.2 Å². The maximum absolute atomic E-state index is 11.9. The number of para-hydroxylation sites is 1. The zero-order valence-electron chi connectivity index (χ0n) is 16.8. The van der Waals surface area contributed by atoms with Crippen LogP contribution < -0.4 is 10.6 Å². The van der Waals surface area contributed by atoms with Crippen molar-refractivity contribution < 1.29 is 13.6 Å². The summed E-state index contributed by atoms with van der Waals surface area (Å²) in [6, 6.07) is 13.6. The minimum absolute atomic E-state index is 0. The summed E-state index contributed by atoms with van der Waals surface area (Å²) < 4.78 is 11.3. The van der Waals surface area contributed by atoms with Gasteiger partial charge in [0.1, 0.15) is 23.6 Å². The van der Waals surface area contributed by atoms with Crippen LogP contribution in [-0.4, -0.2) is 44.0 Å². The maximum Gasteiger partial charge on any atom is 0.243 e. The number of carbonyl (C=O) groups is 1. The van der Waals surface area contributed by atoms with Crippen LogP contribution >= 0.6 is 24.0 Å². The third-order valence-corrected chi connectivity index (χ3v) is 4.34. The number of guanidine groups is 1. The number of likely N-dealkylation sites (N-methyl/N-ethyl adjacent to an activating group) is 1. The number of furan rings is 2. The Morgan fingerprint density at radius 2 is 2.00 bits per heavy atom. The molecule has 0 fully saturated rings. The van der Waals surface area contributed by atoms with Crippen molar-refractivity contribution in [2.45, 2.75) is 19.4 Å². The van der Waals surface area contributed by atoms with Gasteiger partial charge in [-0.25, -0.2) is 4.99 Å². The van der Waals surface area contributed by atoms with Gasteiger partial charge < -0.3 is 24.4 Å². The summed E-state index contributed by atoms with van der Waals surface area (Å²) in [7, 11) is 3.43. The molecule has 0 aliphatic carbocycles. The molecule has 1 amide bonds. The Morgan fingerprint density at radius 3 is 2.69 bits per heavy atom. The fraction of sp³-hybridized carbons (Fsp3) is 0.333. The SMILES string of the molecule is CC(NC(=NCC(=O)N(C)C)NCCc1ccco1)c1cc2ccccc2o1.I. The number of nitrogens with one attached hydrogen (secondary N) is 2. The zero-order valence-corrected chi connectivity index (χ0v) is 19.2. The van der Waals surface area contributed by atoms with E-state index in [-0.39, 0.29) is 42.5 Å². The van der Waals surface area contributed by atoms with Gasteiger partial charge in [0.25, 0.3) is 0 Å². The molecule has 2 aromatic heterocycles. The lowest BCUT2D eigenvalue weighted by molar-refractivity contribution is -0.127. The second kappa shape index (κ2) is 10.9. The molecule has 8 heteroatoms. The van der Waals surface area contributed by atoms with E-state index in [1.165, 1.54) is 4.90 Å². The normalized spacial score (nSPS) is 12.3. The molecular weight excluding hydrogens is 483 g/mol. The summed E-state index contributed by atoms with van der Waals surface area (Å²) in [5.41, 5.74) is 0.846. The number of benzene rings is 1. The molecule has 7 nitrogen and oxygen atoms in total. The zero-order chi connectivity index (χ0) is 19.9. The van der Waals surface area contributed by atoms with Crippen LogP contribution in [0.3, 0.4) is 0 Å². The quantitative estimate of drug-likeness (QED) is 0.289. The van der Waals surface area contributed by atoms with Crippen molar-refractivity contribution in [2.75, 3.05) is 27.2 Å². The summed E-state index contributed by atoms with van der Waals surface area (Å²) in [4.78, 5) is 17.8. The standard InChI is InChI=1S/C21H26N4O3.HI/c1-15(19-13-16-7-4-5-9-18(16)28-19)24-21(23-14-20(26)25(2)3)22-11-10-17-8-6-12-27-17;/h4-9,12-13,15H,10-11,14H2,1-3H3,(H2,22,23,24);1H. The van der Waals surface area contributed by atoms with E-state index in [9.17, 15) is 4.79 Å². The third-order valence-electron chi connectivity index (χ3n) is 4.34. The van der Waals surface area contributed by atoms with Gasteiger partial charge in [-0.3, -0.25) is 4.79 Å². The second-order valence-electron chi connectivity index (χ2n) is 6.76. The van der Waals surface area contributed by atoms with Crippen molar-refractivity contribution in [3.8, 4) is 0 Å². The van der Waals surface area contributed by atoms with E-state index in [0.29, 0.717) is 18.9 Å². The molecule has 1 unspecified atom stereocenters. The number of nitrogens with zero attached hydrogens (tertiary/aromatic N) is 2. The van der Waals surface area contributed by atoms with Gasteiger partial charge >= 0.3 is 0 Å². The fourth-order valence-corrected chi connectivity index (χ4v) is 2.69. The highest BCUT2D eigenvalue weighted by Crippen LogP contribution is 2.23. The van der Waals surface area contributed by atoms with E-state index < -0.39 is 0 Å². The van der Waals surface area contributed by atoms with Crippen molar-refractivity contribution >= 4 is 46.8 Å². The molecule has 0 saturated carbocycles. The van der Waals surface area contributed by atoms with E-state index in [1.54, 1.807) is 20.4 Å². The topological polar surface area (TPSA) is 83.0 Å². The molecule has 156 valence electrons. The molecule has 0 saturated heterocycles. The van der Waals surface area contributed by atoms with Crippen molar-refractivity contribution in [3.63, 3.8) is 0 Å². The molecule has 0 aliphatic heterocycles. The molecule has 2 heterocycles. The number of halogens is 1. The van der Waals surface area contributed by atoms with Crippen LogP contribution in [0.5, 0.6) is 0 Å². The minimum atomic E-state index is -0.114. The van der Waals surface area contributed by atoms with Crippen molar-refractivity contribution in [2.24, 2.45) is 4.99 Å². The molecule has 29 heavy (non-hydrogen) atoms. The molecule has 3 rings (SSSR count). The summed E-state index contributed by atoms with van der Waals surface area (Å²) in [6.07, 6.45) is 2.37. The first-order valence-electron chi connectivity index (χ1n) is 9.29. The largest absolute Gasteiger partial charge is 0.469 e. The van der Waals surface area contributed by atoms with Gasteiger partial charge in [0, 0.05) is 32.4 Å². The Hall–Kier alpha value is -2.49. The average Bonchev–Trinajstić information content (AvgIpc) is 3.34. The summed E-state index contributed by atoms with van der Waals surface area (Å²) in [6.45, 7) is 2.69. The van der Waals surface area contributed by atoms with E-state index in [4.69, 9.17) is 8.83 Å². The van der Waals surface area contributed by atoms with Crippen molar-refractivity contribution in [1.29, 1.82) is 0 Å². The van der Waals surface area contributed by atoms with Crippen LogP contribution in [0.4, 0.5) is 0 Å². The smallest absolute Gasteiger partial charge is 0.243 e. The fourth-order valence-electron chi connectivity index (χ4n) is 2.69. The first kappa shape index (κ1) is 22.8. The Morgan fingerprint density at radius 1 is 1.21 bits per heavy atom. The number of rotatable bonds is 7. The number of carbonyl (C=O) groups excluding carboxylic acids is 1. The van der Waals surface area contributed by atoms with Crippen LogP contribution in [0.25, 0.3) is 11.0 Å². The Kier molecular flexibility index (Phi) is 8.56. The van der Waals surface area contributed by atoms with Gasteiger partial charge in [-0.15, -0.1) is 24.0 Å². The van der Waals surface area contributed by atoms with E-state index in [2.05, 4.69) is 15.6 Å². The summed E-state index contributed by atoms with van der Waals surface area (Å²) >= 11 is 0. The van der Waals surface area contributed by atoms with Crippen LogP contribution in [0, 0.1) is 0 Å². The number of hydrogen-bond donors (Lipinski definition) is 2. The van der Waals surface area contributed by atoms with Crippen LogP contribution in [0.1, 0.15) is 24.5 Å². The molecule has 1 aromatic carbocycles. The first-order valence-corrected chi connectivity index (χ1v) is 9.29. The predicted octanol–water partition coefficient (Wildman–Crippen LogP) is 3.57. The monoisotopic (exact) mass is 510 g/mol. The molecule has 0 bridgehead atoms. The molecule has 3 aromatic rings. The Bertz CT molecular complexity index is 901. The number of fused-ring (bicyclic) bond motifs is 1. The second-order valence-corrected chi connectivity index (χ2v) is 6.76. The van der Waals surface area contributed by atoms with Crippen LogP contribution in [0.2, 0.25) is 0 Å². The molecule has 2 N–H and O–H groups in total. The van der Waals surface area contributed by atoms with Gasteiger partial charge in [0.05, 0.1) is 12.3 Å². The van der Waals surface area contributed by atoms with Crippen LogP contribution in [-0.2, 0) is 11.2 Å². The van der Waals surface area contributed by atoms with Gasteiger partial charge in [0.2, 0.25) is 5.91 Å². The highest BCUT2D eigenvalue weighted by Gasteiger charge is 2.14. The predicted molar refractivity (Wildman–Crippen MR) is 125 cm³/mol. The lowest BCUT2D eigenvalue weighted by Gasteiger charge is -2.17. The molecule has 1 atom stereocenters. The number of aliphatic imine (C=N–C) groups is 1. The van der Waals surface area contributed by atoms with E-state index >= 15 is 0 Å². The number of hydrogen-bond acceptors (Lipinski definition) is 4. The van der Waals surface area contributed by atoms with Gasteiger partial charge in [-0.2, -0.15) is 0 Å². The lowest BCUT2D eigenvalue weighted by atomic mass is 10.2. The Labute approximate surface area is 187 Å². The minimum Gasteiger partial charge on any atom is -0.469 e. The summed E-state index contributed by atoms with van der Waals surface area (Å²) in [5, 5.41) is 7.62. The molecule has 0 radical (unpaired) electrons. The van der Waals surface area contributed by atoms with Crippen LogP contribution in [0.15, 0.2) is 62.6 Å². The van der Waals surface area contributed by atoms with E-state index in [0.717, 1.165) is 22.5 Å². The lowest BCUT2D eigenvalue weighted by Crippen LogP contribution is -2.40. The highest BCUT2D eigenvalue weighted by atomic mass is 127. The third kappa shape index (κ3) is 6.52. The number of amides is 1. The maximum atomic E-state index is 11.9. The average molecular weight is 510 g/mol. The molecule has 0 aliphatic rings. The molecular formula is C21H27IN4O3. The highest BCUT2D eigenvalue weighted by molar-refractivity contribution is 14.0. The first-order chi connectivity index (χ1) is 13.5. The van der Waals surface area contributed by atoms with Gasteiger partial charge in [-0.1, -0.05) is 18.2 Å².